The van der Waals surface area contributed by atoms with E-state index in [1.165, 1.54) is 12.5 Å². The summed E-state index contributed by atoms with van der Waals surface area (Å²) >= 11 is 0. The minimum absolute atomic E-state index is 0.166. The smallest absolute Gasteiger partial charge is 0.288 e. The van der Waals surface area contributed by atoms with E-state index in [0.29, 0.717) is 37.0 Å². The van der Waals surface area contributed by atoms with Gasteiger partial charge in [0.15, 0.2) is 0 Å². The van der Waals surface area contributed by atoms with Gasteiger partial charge < -0.3 is 9.32 Å². The Kier molecular flexibility index (Phi) is 5.24. The Labute approximate surface area is 166 Å². The van der Waals surface area contributed by atoms with E-state index in [4.69, 9.17) is 4.42 Å². The first-order chi connectivity index (χ1) is 14.1. The van der Waals surface area contributed by atoms with Gasteiger partial charge in [-0.25, -0.2) is 4.98 Å². The van der Waals surface area contributed by atoms with Gasteiger partial charge in [-0.3, -0.25) is 25.2 Å². The Morgan fingerprint density at radius 2 is 1.93 bits per heavy atom. The highest BCUT2D eigenvalue weighted by Crippen LogP contribution is 2.19. The van der Waals surface area contributed by atoms with E-state index in [9.17, 15) is 14.4 Å². The first-order valence-electron chi connectivity index (χ1n) is 9.39. The summed E-state index contributed by atoms with van der Waals surface area (Å²) in [4.78, 5) is 43.2. The molecule has 3 heterocycles. The van der Waals surface area contributed by atoms with Gasteiger partial charge in [0.25, 0.3) is 11.8 Å². The number of rotatable bonds is 3. The standard InChI is InChI=1S/C21H20N4O4/c26-19(15-5-3-10-25(12-15)21(28)16-9-11-29-13-16)23-24-20(27)18-8-7-14-4-1-2-6-17(14)22-18/h1-2,4,6-9,11,13,15H,3,5,10,12H2,(H,23,26)(H,24,27)/t15-/m0/s1. The lowest BCUT2D eigenvalue weighted by Crippen LogP contribution is -2.50. The van der Waals surface area contributed by atoms with Crippen molar-refractivity contribution >= 4 is 28.6 Å². The van der Waals surface area contributed by atoms with Crippen LogP contribution in [0.1, 0.15) is 33.7 Å². The fourth-order valence-electron chi connectivity index (χ4n) is 3.42. The van der Waals surface area contributed by atoms with Crippen molar-refractivity contribution in [2.75, 3.05) is 13.1 Å². The van der Waals surface area contributed by atoms with Crippen molar-refractivity contribution in [3.8, 4) is 0 Å². The molecule has 29 heavy (non-hydrogen) atoms. The average molecular weight is 392 g/mol. The van der Waals surface area contributed by atoms with E-state index < -0.39 is 11.8 Å². The van der Waals surface area contributed by atoms with Gasteiger partial charge in [0.2, 0.25) is 5.91 Å². The predicted molar refractivity (Wildman–Crippen MR) is 105 cm³/mol. The fraction of sp³-hybridized carbons (Fsp3) is 0.238. The van der Waals surface area contributed by atoms with E-state index in [1.54, 1.807) is 23.1 Å². The number of aromatic nitrogens is 1. The molecule has 2 N–H and O–H groups in total. The second-order valence-corrected chi connectivity index (χ2v) is 6.93. The second kappa shape index (κ2) is 8.14. The van der Waals surface area contributed by atoms with Crippen LogP contribution < -0.4 is 10.9 Å². The SMILES string of the molecule is O=C(NNC(=O)[C@H]1CCCN(C(=O)c2ccoc2)C1)c1ccc2ccccc2n1. The van der Waals surface area contributed by atoms with Gasteiger partial charge in [-0.1, -0.05) is 24.3 Å². The quantitative estimate of drug-likeness (QED) is 0.665. The number of benzene rings is 1. The van der Waals surface area contributed by atoms with Gasteiger partial charge in [0.05, 0.1) is 23.3 Å². The zero-order valence-electron chi connectivity index (χ0n) is 15.6. The molecule has 0 unspecified atom stereocenters. The number of fused-ring (bicyclic) bond motifs is 1. The van der Waals surface area contributed by atoms with Gasteiger partial charge in [0.1, 0.15) is 12.0 Å². The molecule has 4 rings (SSSR count). The molecule has 1 aromatic carbocycles. The molecule has 3 aromatic rings. The van der Waals surface area contributed by atoms with Crippen LogP contribution >= 0.6 is 0 Å². The highest BCUT2D eigenvalue weighted by atomic mass is 16.3. The van der Waals surface area contributed by atoms with Crippen molar-refractivity contribution in [2.24, 2.45) is 5.92 Å². The number of para-hydroxylation sites is 1. The van der Waals surface area contributed by atoms with Gasteiger partial charge in [-0.15, -0.1) is 0 Å². The Bertz CT molecular complexity index is 1050. The molecule has 0 spiro atoms. The molecule has 3 amide bonds. The Balaban J connectivity index is 1.34. The third kappa shape index (κ3) is 4.11. The largest absolute Gasteiger partial charge is 0.472 e. The molecule has 2 aromatic heterocycles. The average Bonchev–Trinajstić information content (AvgIpc) is 3.31. The minimum Gasteiger partial charge on any atom is -0.472 e. The second-order valence-electron chi connectivity index (χ2n) is 6.93. The minimum atomic E-state index is -0.494. The summed E-state index contributed by atoms with van der Waals surface area (Å²) in [6.07, 6.45) is 4.19. The van der Waals surface area contributed by atoms with Crippen molar-refractivity contribution in [1.29, 1.82) is 0 Å². The van der Waals surface area contributed by atoms with E-state index >= 15 is 0 Å². The molecule has 148 valence electrons. The molecule has 0 radical (unpaired) electrons. The topological polar surface area (TPSA) is 105 Å². The van der Waals surface area contributed by atoms with Crippen molar-refractivity contribution in [1.82, 2.24) is 20.7 Å². The highest BCUT2D eigenvalue weighted by Gasteiger charge is 2.29. The van der Waals surface area contributed by atoms with Crippen LogP contribution in [0, 0.1) is 5.92 Å². The Hall–Kier alpha value is -3.68. The predicted octanol–water partition coefficient (Wildman–Crippen LogP) is 2.14. The molecule has 0 bridgehead atoms. The van der Waals surface area contributed by atoms with Crippen molar-refractivity contribution in [3.05, 3.63) is 66.2 Å². The number of pyridine rings is 1. The number of nitrogens with zero attached hydrogens (tertiary/aromatic N) is 2. The summed E-state index contributed by atoms with van der Waals surface area (Å²) < 4.78 is 4.95. The molecule has 8 heteroatoms. The molecule has 0 aliphatic carbocycles. The van der Waals surface area contributed by atoms with Gasteiger partial charge in [0, 0.05) is 18.5 Å². The van der Waals surface area contributed by atoms with Crippen LogP contribution in [0.15, 0.2) is 59.4 Å². The molecule has 1 aliphatic heterocycles. The summed E-state index contributed by atoms with van der Waals surface area (Å²) in [5.41, 5.74) is 6.24. The van der Waals surface area contributed by atoms with Gasteiger partial charge in [-0.05, 0) is 31.0 Å². The van der Waals surface area contributed by atoms with Crippen LogP contribution in [0.2, 0.25) is 0 Å². The summed E-state index contributed by atoms with van der Waals surface area (Å²) in [6.45, 7) is 0.876. The molecule has 8 nitrogen and oxygen atoms in total. The number of furan rings is 1. The number of piperidine rings is 1. The maximum absolute atomic E-state index is 12.5. The van der Waals surface area contributed by atoms with Crippen LogP contribution in [-0.2, 0) is 4.79 Å². The Morgan fingerprint density at radius 1 is 1.07 bits per heavy atom. The monoisotopic (exact) mass is 392 g/mol. The van der Waals surface area contributed by atoms with Crippen LogP contribution in [0.4, 0.5) is 0 Å². The van der Waals surface area contributed by atoms with E-state index in [2.05, 4.69) is 15.8 Å². The van der Waals surface area contributed by atoms with Crippen LogP contribution in [0.25, 0.3) is 10.9 Å². The zero-order chi connectivity index (χ0) is 20.2. The number of nitrogens with one attached hydrogen (secondary N) is 2. The number of amides is 3. The lowest BCUT2D eigenvalue weighted by atomic mass is 9.97. The van der Waals surface area contributed by atoms with Crippen molar-refractivity contribution in [2.45, 2.75) is 12.8 Å². The van der Waals surface area contributed by atoms with Crippen molar-refractivity contribution < 1.29 is 18.8 Å². The van der Waals surface area contributed by atoms with Crippen LogP contribution in [0.3, 0.4) is 0 Å². The zero-order valence-corrected chi connectivity index (χ0v) is 15.6. The molecule has 1 aliphatic rings. The number of hydrazine groups is 1. The molecule has 1 saturated heterocycles. The van der Waals surface area contributed by atoms with E-state index in [-0.39, 0.29) is 17.5 Å². The molecular weight excluding hydrogens is 372 g/mol. The summed E-state index contributed by atoms with van der Waals surface area (Å²) in [5, 5.41) is 0.928. The van der Waals surface area contributed by atoms with Crippen molar-refractivity contribution in [3.63, 3.8) is 0 Å². The number of likely N-dealkylation sites (tertiary alicyclic amines) is 1. The fourth-order valence-corrected chi connectivity index (χ4v) is 3.42. The normalized spacial score (nSPS) is 16.4. The third-order valence-electron chi connectivity index (χ3n) is 4.98. The molecule has 0 saturated carbocycles. The first kappa shape index (κ1) is 18.7. The van der Waals surface area contributed by atoms with Crippen LogP contribution in [0.5, 0.6) is 0 Å². The van der Waals surface area contributed by atoms with Gasteiger partial charge in [-0.2, -0.15) is 0 Å². The number of carbonyl (C=O) groups is 3. The summed E-state index contributed by atoms with van der Waals surface area (Å²) in [7, 11) is 0. The van der Waals surface area contributed by atoms with Gasteiger partial charge >= 0.3 is 0 Å². The van der Waals surface area contributed by atoms with Crippen LogP contribution in [-0.4, -0.2) is 40.7 Å². The molecule has 1 atom stereocenters. The summed E-state index contributed by atoms with van der Waals surface area (Å²) in [6, 6.07) is 12.5. The maximum Gasteiger partial charge on any atom is 0.288 e. The first-order valence-corrected chi connectivity index (χ1v) is 9.39. The lowest BCUT2D eigenvalue weighted by Gasteiger charge is -2.31. The number of hydrogen-bond donors (Lipinski definition) is 2. The van der Waals surface area contributed by atoms with E-state index in [0.717, 1.165) is 5.39 Å². The molecular formula is C21H20N4O4. The summed E-state index contributed by atoms with van der Waals surface area (Å²) in [5.74, 6) is -1.39. The number of hydrogen-bond acceptors (Lipinski definition) is 5. The third-order valence-corrected chi connectivity index (χ3v) is 4.98. The highest BCUT2D eigenvalue weighted by molar-refractivity contribution is 5.96. The van der Waals surface area contributed by atoms with E-state index in [1.807, 2.05) is 24.3 Å². The molecule has 1 fully saturated rings. The lowest BCUT2D eigenvalue weighted by molar-refractivity contribution is -0.127. The Morgan fingerprint density at radius 3 is 2.76 bits per heavy atom. The number of carbonyl (C=O) groups excluding carboxylic acids is 3. The maximum atomic E-state index is 12.5.